The molecular formula is C6H7Br3N4O2. The van der Waals surface area contributed by atoms with Gasteiger partial charge in [0.15, 0.2) is 11.2 Å². The van der Waals surface area contributed by atoms with E-state index in [1.165, 1.54) is 12.4 Å². The highest BCUT2D eigenvalue weighted by atomic mass is 79.9. The van der Waals surface area contributed by atoms with Crippen molar-refractivity contribution in [3.63, 3.8) is 0 Å². The van der Waals surface area contributed by atoms with Crippen LogP contribution in [0, 0.1) is 0 Å². The van der Waals surface area contributed by atoms with Gasteiger partial charge in [-0.1, -0.05) is 0 Å². The molecule has 15 heavy (non-hydrogen) atoms. The van der Waals surface area contributed by atoms with Crippen molar-refractivity contribution in [1.82, 2.24) is 19.9 Å². The third-order valence-electron chi connectivity index (χ3n) is 1.37. The normalized spacial score (nSPS) is 8.27. The van der Waals surface area contributed by atoms with Crippen LogP contribution >= 0.6 is 50.9 Å². The highest BCUT2D eigenvalue weighted by molar-refractivity contribution is 8.93. The predicted octanol–water partition coefficient (Wildman–Crippen LogP) is 0.740. The molecule has 0 atom stereocenters. The number of hydrogen-bond acceptors (Lipinski definition) is 4. The third kappa shape index (κ3) is 3.50. The van der Waals surface area contributed by atoms with Crippen LogP contribution in [0.15, 0.2) is 22.0 Å². The maximum Gasteiger partial charge on any atom is 0.327 e. The molecule has 2 aromatic rings. The van der Waals surface area contributed by atoms with Gasteiger partial charge in [-0.25, -0.2) is 14.8 Å². The first-order valence-electron chi connectivity index (χ1n) is 3.21. The number of halogens is 3. The highest BCUT2D eigenvalue weighted by Crippen LogP contribution is 1.91. The highest BCUT2D eigenvalue weighted by Gasteiger charge is 1.99. The quantitative estimate of drug-likeness (QED) is 0.675. The molecule has 0 amide bonds. The van der Waals surface area contributed by atoms with E-state index in [0.29, 0.717) is 0 Å². The molecule has 0 unspecified atom stereocenters. The Morgan fingerprint density at radius 1 is 0.933 bits per heavy atom. The summed E-state index contributed by atoms with van der Waals surface area (Å²) in [5.74, 6) is 0. The molecule has 0 aliphatic rings. The van der Waals surface area contributed by atoms with Crippen molar-refractivity contribution in [3.8, 4) is 0 Å². The molecule has 0 aliphatic carbocycles. The van der Waals surface area contributed by atoms with E-state index in [0.717, 1.165) is 0 Å². The van der Waals surface area contributed by atoms with Gasteiger partial charge in [0.05, 0.1) is 0 Å². The Labute approximate surface area is 115 Å². The minimum Gasteiger partial charge on any atom is -0.290 e. The topological polar surface area (TPSA) is 91.5 Å². The molecule has 0 bridgehead atoms. The summed E-state index contributed by atoms with van der Waals surface area (Å²) in [6, 6.07) is 0. The Balaban J connectivity index is 0. The van der Waals surface area contributed by atoms with E-state index in [1.807, 2.05) is 4.98 Å². The second-order valence-corrected chi connectivity index (χ2v) is 2.16. The van der Waals surface area contributed by atoms with E-state index in [1.54, 1.807) is 0 Å². The lowest BCUT2D eigenvalue weighted by atomic mass is 10.5. The van der Waals surface area contributed by atoms with E-state index < -0.39 is 11.2 Å². The number of fused-ring (bicyclic) bond motifs is 1. The van der Waals surface area contributed by atoms with E-state index in [-0.39, 0.29) is 62.1 Å². The summed E-state index contributed by atoms with van der Waals surface area (Å²) in [5, 5.41) is 0. The molecule has 84 valence electrons. The molecule has 0 fully saturated rings. The lowest BCUT2D eigenvalue weighted by Gasteiger charge is -1.90. The SMILES string of the molecule is Br.Br.Br.O=c1[nH]c(=O)c2nccnc2[nH]1. The van der Waals surface area contributed by atoms with Crippen LogP contribution in [-0.2, 0) is 0 Å². The molecule has 2 rings (SSSR count). The van der Waals surface area contributed by atoms with E-state index in [9.17, 15) is 9.59 Å². The molecule has 2 aromatic heterocycles. The van der Waals surface area contributed by atoms with Gasteiger partial charge in [0.2, 0.25) is 0 Å². The van der Waals surface area contributed by atoms with Crippen molar-refractivity contribution in [2.75, 3.05) is 0 Å². The Morgan fingerprint density at radius 2 is 1.53 bits per heavy atom. The molecule has 0 aliphatic heterocycles. The van der Waals surface area contributed by atoms with Gasteiger partial charge in [0.1, 0.15) is 0 Å². The average Bonchev–Trinajstić information content (AvgIpc) is 2.04. The number of nitrogens with zero attached hydrogens (tertiary/aromatic N) is 2. The largest absolute Gasteiger partial charge is 0.327 e. The van der Waals surface area contributed by atoms with Crippen LogP contribution in [0.4, 0.5) is 0 Å². The lowest BCUT2D eigenvalue weighted by molar-refractivity contribution is 1.04. The smallest absolute Gasteiger partial charge is 0.290 e. The summed E-state index contributed by atoms with van der Waals surface area (Å²) in [5.41, 5.74) is -0.766. The Bertz CT molecular complexity index is 537. The van der Waals surface area contributed by atoms with Crippen molar-refractivity contribution in [2.45, 2.75) is 0 Å². The number of nitrogens with one attached hydrogen (secondary N) is 2. The standard InChI is InChI=1S/C6H4N4O2.3BrH/c11-5-3-4(8-2-1-7-3)9-6(12)10-5;;;/h1-2H,(H2,8,9,10,11,12);3*1H. The Morgan fingerprint density at radius 3 is 2.20 bits per heavy atom. The summed E-state index contributed by atoms with van der Waals surface area (Å²) < 4.78 is 0. The van der Waals surface area contributed by atoms with Crippen molar-refractivity contribution in [1.29, 1.82) is 0 Å². The third-order valence-corrected chi connectivity index (χ3v) is 1.37. The minimum absolute atomic E-state index is 0. The van der Waals surface area contributed by atoms with E-state index >= 15 is 0 Å². The number of aromatic nitrogens is 4. The van der Waals surface area contributed by atoms with Gasteiger partial charge in [-0.05, 0) is 0 Å². The van der Waals surface area contributed by atoms with Gasteiger partial charge >= 0.3 is 5.69 Å². The molecule has 6 nitrogen and oxygen atoms in total. The first-order chi connectivity index (χ1) is 5.77. The van der Waals surface area contributed by atoms with Crippen molar-refractivity contribution in [3.05, 3.63) is 33.2 Å². The zero-order chi connectivity index (χ0) is 8.55. The summed E-state index contributed by atoms with van der Waals surface area (Å²) in [6.07, 6.45) is 2.79. The summed E-state index contributed by atoms with van der Waals surface area (Å²) in [7, 11) is 0. The molecule has 2 N–H and O–H groups in total. The van der Waals surface area contributed by atoms with Gasteiger partial charge in [-0.15, -0.1) is 50.9 Å². The molecule has 0 radical (unpaired) electrons. The Kier molecular flexibility index (Phi) is 7.71. The van der Waals surface area contributed by atoms with Crippen molar-refractivity contribution < 1.29 is 0 Å². The number of hydrogen-bond donors (Lipinski definition) is 2. The number of H-pyrrole nitrogens is 2. The molecule has 0 saturated carbocycles. The van der Waals surface area contributed by atoms with Gasteiger partial charge in [-0.3, -0.25) is 14.8 Å². The molecular weight excluding hydrogens is 400 g/mol. The molecule has 2 heterocycles. The van der Waals surface area contributed by atoms with Crippen LogP contribution in [0.5, 0.6) is 0 Å². The zero-order valence-corrected chi connectivity index (χ0v) is 12.2. The van der Waals surface area contributed by atoms with Gasteiger partial charge in [-0.2, -0.15) is 0 Å². The summed E-state index contributed by atoms with van der Waals surface area (Å²) in [6.45, 7) is 0. The van der Waals surface area contributed by atoms with Crippen LogP contribution in [0.25, 0.3) is 11.2 Å². The van der Waals surface area contributed by atoms with Crippen molar-refractivity contribution in [2.24, 2.45) is 0 Å². The maximum absolute atomic E-state index is 11.0. The zero-order valence-electron chi connectivity index (χ0n) is 7.09. The summed E-state index contributed by atoms with van der Waals surface area (Å²) in [4.78, 5) is 33.6. The van der Waals surface area contributed by atoms with Crippen LogP contribution in [0.2, 0.25) is 0 Å². The fraction of sp³-hybridized carbons (Fsp3) is 0. The van der Waals surface area contributed by atoms with Crippen LogP contribution in [0.3, 0.4) is 0 Å². The predicted molar refractivity (Wildman–Crippen MR) is 71.7 cm³/mol. The van der Waals surface area contributed by atoms with Crippen LogP contribution < -0.4 is 11.2 Å². The van der Waals surface area contributed by atoms with E-state index in [2.05, 4.69) is 15.0 Å². The minimum atomic E-state index is -0.576. The summed E-state index contributed by atoms with van der Waals surface area (Å²) >= 11 is 0. The monoisotopic (exact) mass is 404 g/mol. The maximum atomic E-state index is 11.0. The van der Waals surface area contributed by atoms with Crippen LogP contribution in [0.1, 0.15) is 0 Å². The Hall–Kier alpha value is -0.540. The number of rotatable bonds is 0. The van der Waals surface area contributed by atoms with E-state index in [4.69, 9.17) is 0 Å². The van der Waals surface area contributed by atoms with Crippen LogP contribution in [-0.4, -0.2) is 19.9 Å². The number of aromatic amines is 2. The lowest BCUT2D eigenvalue weighted by Crippen LogP contribution is -2.22. The molecule has 9 heteroatoms. The second-order valence-electron chi connectivity index (χ2n) is 2.16. The first-order valence-corrected chi connectivity index (χ1v) is 3.21. The van der Waals surface area contributed by atoms with Gasteiger partial charge < -0.3 is 0 Å². The fourth-order valence-corrected chi connectivity index (χ4v) is 0.897. The average molecular weight is 407 g/mol. The molecule has 0 spiro atoms. The second kappa shape index (κ2) is 6.85. The molecule has 0 aromatic carbocycles. The van der Waals surface area contributed by atoms with Gasteiger partial charge in [0, 0.05) is 12.4 Å². The van der Waals surface area contributed by atoms with Gasteiger partial charge in [0.25, 0.3) is 5.56 Å². The van der Waals surface area contributed by atoms with Crippen molar-refractivity contribution >= 4 is 62.1 Å². The molecule has 0 saturated heterocycles. The first kappa shape index (κ1) is 16.9. The fourth-order valence-electron chi connectivity index (χ4n) is 0.897.